The lowest BCUT2D eigenvalue weighted by Gasteiger charge is -2.34. The lowest BCUT2D eigenvalue weighted by Crippen LogP contribution is -2.47. The highest BCUT2D eigenvalue weighted by atomic mass is 16.5. The second kappa shape index (κ2) is 6.67. The largest absolute Gasteiger partial charge is 0.381 e. The number of rotatable bonds is 6. The number of pyridine rings is 1. The Hall–Kier alpha value is -1.66. The molecular weight excluding hydrogens is 256 g/mol. The zero-order valence-corrected chi connectivity index (χ0v) is 12.0. The van der Waals surface area contributed by atoms with Gasteiger partial charge in [0, 0.05) is 24.4 Å². The van der Waals surface area contributed by atoms with Crippen molar-refractivity contribution in [3.8, 4) is 0 Å². The van der Waals surface area contributed by atoms with E-state index in [1.165, 1.54) is 0 Å². The molecule has 1 saturated carbocycles. The van der Waals surface area contributed by atoms with Crippen molar-refractivity contribution in [2.45, 2.75) is 44.8 Å². The third kappa shape index (κ3) is 3.46. The first-order valence-electron chi connectivity index (χ1n) is 6.97. The van der Waals surface area contributed by atoms with E-state index in [9.17, 15) is 4.79 Å². The number of ether oxygens (including phenoxy) is 1. The Morgan fingerprint density at radius 1 is 1.50 bits per heavy atom. The van der Waals surface area contributed by atoms with Crippen molar-refractivity contribution < 1.29 is 9.53 Å². The van der Waals surface area contributed by atoms with Crippen LogP contribution in [0.1, 0.15) is 42.2 Å². The van der Waals surface area contributed by atoms with Crippen molar-refractivity contribution in [1.29, 1.82) is 0 Å². The first kappa shape index (κ1) is 14.7. The third-order valence-electron chi connectivity index (χ3n) is 3.56. The highest BCUT2D eigenvalue weighted by Crippen LogP contribution is 2.23. The normalized spacial score (nSPS) is 21.1. The van der Waals surface area contributed by atoms with Gasteiger partial charge in [0.2, 0.25) is 0 Å². The smallest absolute Gasteiger partial charge is 0.251 e. The van der Waals surface area contributed by atoms with E-state index < -0.39 is 0 Å². The molecule has 1 fully saturated rings. The number of methoxy groups -OCH3 is 1. The molecule has 0 radical (unpaired) electrons. The number of hydrogen-bond acceptors (Lipinski definition) is 5. The highest BCUT2D eigenvalue weighted by molar-refractivity contribution is 5.95. The quantitative estimate of drug-likeness (QED) is 0.538. The number of nitrogens with two attached hydrogens (primary N) is 1. The van der Waals surface area contributed by atoms with Crippen molar-refractivity contribution in [3.63, 3.8) is 0 Å². The Morgan fingerprint density at radius 3 is 2.85 bits per heavy atom. The molecule has 0 bridgehead atoms. The van der Waals surface area contributed by atoms with Gasteiger partial charge >= 0.3 is 0 Å². The van der Waals surface area contributed by atoms with E-state index >= 15 is 0 Å². The molecule has 0 spiro atoms. The Labute approximate surface area is 119 Å². The van der Waals surface area contributed by atoms with Crippen molar-refractivity contribution in [3.05, 3.63) is 23.4 Å². The number of amides is 1. The number of hydrazine groups is 1. The van der Waals surface area contributed by atoms with Gasteiger partial charge in [-0.2, -0.15) is 0 Å². The van der Waals surface area contributed by atoms with Gasteiger partial charge in [0.1, 0.15) is 5.82 Å². The second-order valence-electron chi connectivity index (χ2n) is 5.13. The van der Waals surface area contributed by atoms with Crippen molar-refractivity contribution in [2.75, 3.05) is 12.5 Å². The van der Waals surface area contributed by atoms with Crippen molar-refractivity contribution >= 4 is 11.7 Å². The number of anilines is 1. The monoisotopic (exact) mass is 278 g/mol. The minimum atomic E-state index is -0.0826. The Balaban J connectivity index is 2.03. The summed E-state index contributed by atoms with van der Waals surface area (Å²) in [7, 11) is 1.70. The summed E-state index contributed by atoms with van der Waals surface area (Å²) in [6.45, 7) is 2.07. The minimum absolute atomic E-state index is 0.0826. The van der Waals surface area contributed by atoms with Crippen LogP contribution < -0.4 is 16.6 Å². The molecule has 0 atom stereocenters. The number of nitrogens with zero attached hydrogens (tertiary/aromatic N) is 1. The van der Waals surface area contributed by atoms with Gasteiger partial charge in [-0.25, -0.2) is 10.8 Å². The van der Waals surface area contributed by atoms with Gasteiger partial charge in [0.25, 0.3) is 5.91 Å². The molecule has 20 heavy (non-hydrogen) atoms. The number of carbonyl (C=O) groups is 1. The van der Waals surface area contributed by atoms with Crippen LogP contribution in [-0.2, 0) is 11.2 Å². The van der Waals surface area contributed by atoms with Crippen LogP contribution in [-0.4, -0.2) is 30.1 Å². The maximum absolute atomic E-state index is 12.2. The maximum Gasteiger partial charge on any atom is 0.251 e. The van der Waals surface area contributed by atoms with Crippen LogP contribution in [0.5, 0.6) is 0 Å². The van der Waals surface area contributed by atoms with Crippen LogP contribution in [0.3, 0.4) is 0 Å². The molecule has 1 amide bonds. The molecule has 0 unspecified atom stereocenters. The first-order valence-corrected chi connectivity index (χ1v) is 6.97. The van der Waals surface area contributed by atoms with Crippen molar-refractivity contribution in [2.24, 2.45) is 5.84 Å². The molecule has 1 aromatic rings. The minimum Gasteiger partial charge on any atom is -0.381 e. The average Bonchev–Trinajstić information content (AvgIpc) is 2.42. The molecule has 0 saturated heterocycles. The van der Waals surface area contributed by atoms with Gasteiger partial charge in [-0.15, -0.1) is 0 Å². The molecule has 0 aromatic carbocycles. The van der Waals surface area contributed by atoms with Gasteiger partial charge in [-0.1, -0.05) is 13.3 Å². The molecule has 2 rings (SSSR count). The summed E-state index contributed by atoms with van der Waals surface area (Å²) in [4.78, 5) is 16.5. The number of aromatic nitrogens is 1. The summed E-state index contributed by atoms with van der Waals surface area (Å²) in [6, 6.07) is 3.69. The van der Waals surface area contributed by atoms with E-state index in [1.54, 1.807) is 13.2 Å². The Morgan fingerprint density at radius 2 is 2.25 bits per heavy atom. The van der Waals surface area contributed by atoms with Crippen LogP contribution in [0.15, 0.2) is 12.1 Å². The van der Waals surface area contributed by atoms with E-state index in [0.717, 1.165) is 31.4 Å². The third-order valence-corrected chi connectivity index (χ3v) is 3.56. The van der Waals surface area contributed by atoms with Crippen molar-refractivity contribution in [1.82, 2.24) is 10.3 Å². The van der Waals surface area contributed by atoms with E-state index in [-0.39, 0.29) is 18.1 Å². The number of hydrogen-bond donors (Lipinski definition) is 3. The van der Waals surface area contributed by atoms with E-state index in [4.69, 9.17) is 10.6 Å². The van der Waals surface area contributed by atoms with Crippen LogP contribution >= 0.6 is 0 Å². The summed E-state index contributed by atoms with van der Waals surface area (Å²) in [5.41, 5.74) is 3.97. The van der Waals surface area contributed by atoms with Gasteiger partial charge in [0.05, 0.1) is 6.10 Å². The summed E-state index contributed by atoms with van der Waals surface area (Å²) in [5.74, 6) is 5.83. The molecule has 1 aromatic heterocycles. The van der Waals surface area contributed by atoms with Crippen LogP contribution in [0.2, 0.25) is 0 Å². The van der Waals surface area contributed by atoms with Crippen LogP contribution in [0.25, 0.3) is 0 Å². The molecule has 110 valence electrons. The van der Waals surface area contributed by atoms with Gasteiger partial charge in [0.15, 0.2) is 0 Å². The van der Waals surface area contributed by atoms with Gasteiger partial charge in [-0.3, -0.25) is 4.79 Å². The van der Waals surface area contributed by atoms with Gasteiger partial charge < -0.3 is 15.5 Å². The molecule has 6 nitrogen and oxygen atoms in total. The number of nitrogens with one attached hydrogen (secondary N) is 2. The maximum atomic E-state index is 12.2. The lowest BCUT2D eigenvalue weighted by atomic mass is 9.89. The molecule has 1 aliphatic rings. The zero-order valence-electron chi connectivity index (χ0n) is 12.0. The highest BCUT2D eigenvalue weighted by Gasteiger charge is 2.30. The molecule has 1 heterocycles. The molecule has 6 heteroatoms. The van der Waals surface area contributed by atoms with Crippen LogP contribution in [0.4, 0.5) is 5.82 Å². The van der Waals surface area contributed by atoms with Crippen LogP contribution in [0, 0.1) is 0 Å². The fraction of sp³-hybridized carbons (Fsp3) is 0.571. The first-order chi connectivity index (χ1) is 9.66. The summed E-state index contributed by atoms with van der Waals surface area (Å²) in [6.07, 6.45) is 3.81. The number of aryl methyl sites for hydroxylation is 1. The van der Waals surface area contributed by atoms with E-state index in [1.807, 2.05) is 6.07 Å². The topological polar surface area (TPSA) is 89.3 Å². The van der Waals surface area contributed by atoms with E-state index in [0.29, 0.717) is 11.4 Å². The summed E-state index contributed by atoms with van der Waals surface area (Å²) < 4.78 is 5.20. The molecular formula is C14H22N4O2. The fourth-order valence-corrected chi connectivity index (χ4v) is 2.32. The predicted molar refractivity (Wildman–Crippen MR) is 77.3 cm³/mol. The Bertz CT molecular complexity index is 472. The Kier molecular flexibility index (Phi) is 4.92. The molecule has 1 aliphatic carbocycles. The number of nitrogen functional groups attached to an aromatic ring is 1. The van der Waals surface area contributed by atoms with Gasteiger partial charge in [-0.05, 0) is 31.4 Å². The summed E-state index contributed by atoms with van der Waals surface area (Å²) >= 11 is 0. The van der Waals surface area contributed by atoms with E-state index in [2.05, 4.69) is 22.7 Å². The number of carbonyl (C=O) groups excluding carboxylic acids is 1. The fourth-order valence-electron chi connectivity index (χ4n) is 2.32. The lowest BCUT2D eigenvalue weighted by molar-refractivity contribution is 0.0176. The molecule has 0 aliphatic heterocycles. The SMILES string of the molecule is CCCc1cc(C(=O)NC2CC(OC)C2)cc(NN)n1. The summed E-state index contributed by atoms with van der Waals surface area (Å²) in [5, 5.41) is 3.00. The average molecular weight is 278 g/mol. The standard InChI is InChI=1S/C14H22N4O2/c1-3-4-10-5-9(6-13(16-10)18-15)14(19)17-11-7-12(8-11)20-2/h5-6,11-12H,3-4,7-8,15H2,1-2H3,(H,16,18)(H,17,19). The predicted octanol–water partition coefficient (Wildman–Crippen LogP) is 1.23. The molecule has 4 N–H and O–H groups in total. The zero-order chi connectivity index (χ0) is 14.5. The second-order valence-corrected chi connectivity index (χ2v) is 5.13.